The third kappa shape index (κ3) is 9.68. The zero-order chi connectivity index (χ0) is 11.0. The summed E-state index contributed by atoms with van der Waals surface area (Å²) in [6.07, 6.45) is 0. The van der Waals surface area contributed by atoms with Crippen molar-refractivity contribution in [3.63, 3.8) is 0 Å². The predicted molar refractivity (Wildman–Crippen MR) is 50.6 cm³/mol. The molecule has 5 nitrogen and oxygen atoms in total. The molecule has 0 atom stereocenters. The Bertz CT molecular complexity index is 302. The van der Waals surface area contributed by atoms with Crippen LogP contribution in [-0.2, 0) is 4.79 Å². The van der Waals surface area contributed by atoms with Crippen LogP contribution in [0.2, 0.25) is 0 Å². The number of hydrogen-bond donors (Lipinski definition) is 1. The molecule has 1 aromatic rings. The molecule has 0 aliphatic heterocycles. The van der Waals surface area contributed by atoms with Gasteiger partial charge in [-0.2, -0.15) is 0 Å². The van der Waals surface area contributed by atoms with Crippen LogP contribution in [0.1, 0.15) is 10.4 Å². The Labute approximate surface area is 117 Å². The largest absolute Gasteiger partial charge is 2.00 e. The van der Waals surface area contributed by atoms with Gasteiger partial charge in [-0.3, -0.25) is 0 Å². The Hall–Kier alpha value is -0.620. The van der Waals surface area contributed by atoms with Crippen molar-refractivity contribution in [1.29, 1.82) is 0 Å². The number of carboxylic acid groups (broad SMARTS) is 2. The van der Waals surface area contributed by atoms with Crippen LogP contribution in [0.15, 0.2) is 30.3 Å². The Morgan fingerprint density at radius 1 is 1.13 bits per heavy atom. The van der Waals surface area contributed by atoms with Crippen LogP contribution < -0.4 is 15.9 Å². The minimum absolute atomic E-state index is 0. The molecule has 0 heterocycles. The standard InChI is InChI=1S/C7H6O2.C2H5NO2.Ca/c8-7(9)6-4-2-1-3-5-6;3-1-2(4)5;/h1-5H,(H,8,9);1,3H2,(H,4,5);/q;;+2/p-2. The number of rotatable bonds is 2. The maximum Gasteiger partial charge on any atom is 2.00 e. The summed E-state index contributed by atoms with van der Waals surface area (Å²) < 4.78 is 0. The molecular weight excluding hydrogens is 226 g/mol. The van der Waals surface area contributed by atoms with Crippen LogP contribution in [-0.4, -0.2) is 56.2 Å². The first-order chi connectivity index (χ1) is 6.57. The Morgan fingerprint density at radius 3 is 1.73 bits per heavy atom. The average molecular weight is 235 g/mol. The SMILES string of the molecule is NCC(=O)[O-].O=C([O-])c1ccccc1.[Ca+2]. The van der Waals surface area contributed by atoms with Crippen molar-refractivity contribution in [3.8, 4) is 0 Å². The number of aliphatic carboxylic acids is 1. The number of aromatic carboxylic acids is 1. The van der Waals surface area contributed by atoms with Gasteiger partial charge in [0.1, 0.15) is 0 Å². The van der Waals surface area contributed by atoms with E-state index in [-0.39, 0.29) is 49.8 Å². The fourth-order valence-electron chi connectivity index (χ4n) is 0.574. The molecule has 0 saturated heterocycles. The van der Waals surface area contributed by atoms with Gasteiger partial charge in [0.15, 0.2) is 0 Å². The van der Waals surface area contributed by atoms with E-state index in [1.807, 2.05) is 0 Å². The van der Waals surface area contributed by atoms with Crippen molar-refractivity contribution >= 4 is 49.7 Å². The third-order valence-electron chi connectivity index (χ3n) is 1.18. The predicted octanol–water partition coefficient (Wildman–Crippen LogP) is -2.64. The quantitative estimate of drug-likeness (QED) is 0.564. The Balaban J connectivity index is 0. The number of carbonyl (C=O) groups excluding carboxylic acids is 2. The molecule has 2 N–H and O–H groups in total. The molecule has 6 heteroatoms. The molecule has 0 amide bonds. The van der Waals surface area contributed by atoms with Crippen LogP contribution in [0.3, 0.4) is 0 Å². The fraction of sp³-hybridized carbons (Fsp3) is 0.111. The normalized spacial score (nSPS) is 7.80. The summed E-state index contributed by atoms with van der Waals surface area (Å²) in [5.74, 6) is -2.35. The molecule has 0 saturated carbocycles. The molecule has 0 aromatic heterocycles. The van der Waals surface area contributed by atoms with Crippen molar-refractivity contribution in [3.05, 3.63) is 35.9 Å². The van der Waals surface area contributed by atoms with Gasteiger partial charge < -0.3 is 25.5 Å². The molecule has 0 spiro atoms. The summed E-state index contributed by atoms with van der Waals surface area (Å²) in [5.41, 5.74) is 4.73. The molecule has 0 radical (unpaired) electrons. The van der Waals surface area contributed by atoms with Gasteiger partial charge in [-0.1, -0.05) is 30.3 Å². The van der Waals surface area contributed by atoms with Crippen molar-refractivity contribution in [2.24, 2.45) is 5.73 Å². The van der Waals surface area contributed by atoms with E-state index in [2.05, 4.69) is 5.73 Å². The van der Waals surface area contributed by atoms with Crippen LogP contribution >= 0.6 is 0 Å². The van der Waals surface area contributed by atoms with Crippen LogP contribution in [0.4, 0.5) is 0 Å². The van der Waals surface area contributed by atoms with Gasteiger partial charge >= 0.3 is 37.7 Å². The van der Waals surface area contributed by atoms with Gasteiger partial charge in [-0.05, 0) is 5.56 Å². The van der Waals surface area contributed by atoms with E-state index in [1.165, 1.54) is 12.1 Å². The van der Waals surface area contributed by atoms with Crippen LogP contribution in [0, 0.1) is 0 Å². The minimum atomic E-state index is -1.22. The van der Waals surface area contributed by atoms with Crippen LogP contribution in [0.5, 0.6) is 0 Å². The van der Waals surface area contributed by atoms with E-state index in [1.54, 1.807) is 18.2 Å². The van der Waals surface area contributed by atoms with E-state index < -0.39 is 11.9 Å². The van der Waals surface area contributed by atoms with Gasteiger partial charge in [-0.15, -0.1) is 0 Å². The summed E-state index contributed by atoms with van der Waals surface area (Å²) >= 11 is 0. The average Bonchev–Trinajstić information content (AvgIpc) is 2.20. The first kappa shape index (κ1) is 16.8. The fourth-order valence-corrected chi connectivity index (χ4v) is 0.574. The van der Waals surface area contributed by atoms with Gasteiger partial charge in [0.25, 0.3) is 0 Å². The van der Waals surface area contributed by atoms with Crippen molar-refractivity contribution in [2.75, 3.05) is 6.54 Å². The first-order valence-corrected chi connectivity index (χ1v) is 3.74. The molecule has 15 heavy (non-hydrogen) atoms. The molecule has 0 aliphatic rings. The number of carboxylic acids is 2. The van der Waals surface area contributed by atoms with E-state index in [0.29, 0.717) is 0 Å². The maximum atomic E-state index is 10.1. The van der Waals surface area contributed by atoms with E-state index in [9.17, 15) is 9.90 Å². The zero-order valence-electron chi connectivity index (χ0n) is 8.01. The van der Waals surface area contributed by atoms with Gasteiger partial charge in [0, 0.05) is 6.54 Å². The molecule has 1 aromatic carbocycles. The first-order valence-electron chi connectivity index (χ1n) is 3.74. The molecule has 0 aliphatic carbocycles. The zero-order valence-corrected chi connectivity index (χ0v) is 10.2. The second kappa shape index (κ2) is 9.92. The van der Waals surface area contributed by atoms with E-state index in [4.69, 9.17) is 9.90 Å². The van der Waals surface area contributed by atoms with E-state index >= 15 is 0 Å². The Morgan fingerprint density at radius 2 is 1.53 bits per heavy atom. The summed E-state index contributed by atoms with van der Waals surface area (Å²) in [4.78, 5) is 19.2. The van der Waals surface area contributed by atoms with Gasteiger partial charge in [-0.25, -0.2) is 0 Å². The van der Waals surface area contributed by atoms with Crippen molar-refractivity contribution in [1.82, 2.24) is 0 Å². The molecule has 1 rings (SSSR count). The topological polar surface area (TPSA) is 106 Å². The second-order valence-electron chi connectivity index (χ2n) is 2.23. The van der Waals surface area contributed by atoms with Crippen molar-refractivity contribution < 1.29 is 19.8 Å². The summed E-state index contributed by atoms with van der Waals surface area (Å²) in [7, 11) is 0. The smallest absolute Gasteiger partial charge is 0.549 e. The molecule has 0 fully saturated rings. The van der Waals surface area contributed by atoms with E-state index in [0.717, 1.165) is 0 Å². The monoisotopic (exact) mass is 235 g/mol. The van der Waals surface area contributed by atoms with Gasteiger partial charge in [0.05, 0.1) is 11.9 Å². The molecule has 76 valence electrons. The molecule has 0 bridgehead atoms. The summed E-state index contributed by atoms with van der Waals surface area (Å²) in [6, 6.07) is 8.06. The number of hydrogen-bond acceptors (Lipinski definition) is 5. The number of benzene rings is 1. The van der Waals surface area contributed by atoms with Crippen molar-refractivity contribution in [2.45, 2.75) is 0 Å². The maximum absolute atomic E-state index is 10.1. The molecular formula is C9H9CaNO4. The Kier molecular flexibility index (Phi) is 11.1. The number of carbonyl (C=O) groups is 2. The third-order valence-corrected chi connectivity index (χ3v) is 1.18. The second-order valence-corrected chi connectivity index (χ2v) is 2.23. The summed E-state index contributed by atoms with van der Waals surface area (Å²) in [6.45, 7) is -0.389. The number of nitrogens with two attached hydrogens (primary N) is 1. The molecule has 0 unspecified atom stereocenters. The summed E-state index contributed by atoms with van der Waals surface area (Å²) in [5, 5.41) is 19.2. The van der Waals surface area contributed by atoms with Crippen LogP contribution in [0.25, 0.3) is 0 Å². The minimum Gasteiger partial charge on any atom is -0.549 e. The van der Waals surface area contributed by atoms with Gasteiger partial charge in [0.2, 0.25) is 0 Å².